The molecule has 0 unspecified atom stereocenters. The Kier molecular flexibility index (Phi) is 2.21. The Hall–Kier alpha value is -1.06. The zero-order valence-corrected chi connectivity index (χ0v) is 8.01. The van der Waals surface area contributed by atoms with Gasteiger partial charge in [0.1, 0.15) is 5.75 Å². The van der Waals surface area contributed by atoms with E-state index in [0.717, 1.165) is 0 Å². The summed E-state index contributed by atoms with van der Waals surface area (Å²) < 4.78 is 0. The zero-order chi connectivity index (χ0) is 10.3. The van der Waals surface area contributed by atoms with Gasteiger partial charge in [0.25, 0.3) is 0 Å². The molecule has 3 nitrogen and oxygen atoms in total. The van der Waals surface area contributed by atoms with Crippen LogP contribution in [-0.2, 0) is 0 Å². The lowest BCUT2D eigenvalue weighted by molar-refractivity contribution is 0.0452. The quantitative estimate of drug-likeness (QED) is 0.586. The number of phenols is 1. The molecule has 76 valence electrons. The Balaban J connectivity index is 2.55. The molecule has 0 saturated heterocycles. The van der Waals surface area contributed by atoms with E-state index in [-0.39, 0.29) is 11.7 Å². The highest BCUT2D eigenvalue weighted by molar-refractivity contribution is 5.43. The Morgan fingerprint density at radius 3 is 2.71 bits per heavy atom. The topological polar surface area (TPSA) is 60.7 Å². The minimum absolute atomic E-state index is 0.0271. The van der Waals surface area contributed by atoms with E-state index in [1.165, 1.54) is 6.07 Å². The lowest BCUT2D eigenvalue weighted by atomic mass is 9.80. The number of aliphatic hydroxyl groups excluding tert-OH is 2. The first kappa shape index (κ1) is 9.49. The number of hydrogen-bond acceptors (Lipinski definition) is 3. The Morgan fingerprint density at radius 2 is 2.00 bits per heavy atom. The summed E-state index contributed by atoms with van der Waals surface area (Å²) in [7, 11) is 0. The Morgan fingerprint density at radius 1 is 1.29 bits per heavy atom. The second-order valence-electron chi connectivity index (χ2n) is 3.95. The molecule has 0 fully saturated rings. The van der Waals surface area contributed by atoms with E-state index in [2.05, 4.69) is 0 Å². The molecule has 0 aliphatic heterocycles. The predicted octanol–water partition coefficient (Wildman–Crippen LogP) is 1.50. The van der Waals surface area contributed by atoms with Gasteiger partial charge < -0.3 is 15.3 Å². The third-order valence-electron chi connectivity index (χ3n) is 2.90. The average molecular weight is 194 g/mol. The number of rotatable bonds is 0. The number of hydrogen-bond donors (Lipinski definition) is 3. The van der Waals surface area contributed by atoms with E-state index in [9.17, 15) is 15.3 Å². The van der Waals surface area contributed by atoms with Crippen LogP contribution < -0.4 is 0 Å². The van der Waals surface area contributed by atoms with Crippen LogP contribution in [0.1, 0.15) is 36.7 Å². The van der Waals surface area contributed by atoms with Crippen molar-refractivity contribution in [2.45, 2.75) is 25.6 Å². The minimum atomic E-state index is -0.662. The monoisotopic (exact) mass is 194 g/mol. The van der Waals surface area contributed by atoms with Crippen LogP contribution in [0, 0.1) is 5.92 Å². The first-order chi connectivity index (χ1) is 6.61. The van der Waals surface area contributed by atoms with Crippen LogP contribution in [-0.4, -0.2) is 15.3 Å². The molecular formula is C11H14O3. The molecule has 3 atom stereocenters. The van der Waals surface area contributed by atoms with Gasteiger partial charge in [-0.2, -0.15) is 0 Å². The van der Waals surface area contributed by atoms with Crippen molar-refractivity contribution < 1.29 is 15.3 Å². The molecule has 3 heteroatoms. The highest BCUT2D eigenvalue weighted by atomic mass is 16.3. The maximum atomic E-state index is 9.85. The van der Waals surface area contributed by atoms with Gasteiger partial charge >= 0.3 is 0 Å². The highest BCUT2D eigenvalue weighted by Gasteiger charge is 2.31. The van der Waals surface area contributed by atoms with E-state index >= 15 is 0 Å². The molecule has 1 aliphatic carbocycles. The number of phenolic OH excluding ortho intramolecular Hbond substituents is 1. The summed E-state index contributed by atoms with van der Waals surface area (Å²) in [6, 6.07) is 4.96. The van der Waals surface area contributed by atoms with Gasteiger partial charge in [-0.3, -0.25) is 0 Å². The lowest BCUT2D eigenvalue weighted by Gasteiger charge is -2.31. The molecule has 0 radical (unpaired) electrons. The lowest BCUT2D eigenvalue weighted by Crippen LogP contribution is -2.21. The van der Waals surface area contributed by atoms with Crippen LogP contribution in [0.3, 0.4) is 0 Å². The van der Waals surface area contributed by atoms with Crippen molar-refractivity contribution in [1.82, 2.24) is 0 Å². The summed E-state index contributed by atoms with van der Waals surface area (Å²) >= 11 is 0. The van der Waals surface area contributed by atoms with Gasteiger partial charge in [-0.05, 0) is 24.0 Å². The number of aliphatic hydroxyl groups is 2. The van der Waals surface area contributed by atoms with Crippen LogP contribution in [0.2, 0.25) is 0 Å². The molecule has 0 heterocycles. The standard InChI is InChI=1S/C11H14O3/c1-6-5-9(13)10-7(11(6)14)3-2-4-8(10)12/h2-4,6,9,11-14H,5H2,1H3/t6-,9+,11-/m0/s1. The molecule has 14 heavy (non-hydrogen) atoms. The second-order valence-corrected chi connectivity index (χ2v) is 3.95. The summed E-state index contributed by atoms with van der Waals surface area (Å²) in [5.74, 6) is 0.0975. The maximum Gasteiger partial charge on any atom is 0.121 e. The normalized spacial score (nSPS) is 31.2. The zero-order valence-electron chi connectivity index (χ0n) is 8.01. The van der Waals surface area contributed by atoms with Crippen molar-refractivity contribution in [3.05, 3.63) is 29.3 Å². The number of benzene rings is 1. The second kappa shape index (κ2) is 3.26. The molecule has 0 saturated carbocycles. The summed E-state index contributed by atoms with van der Waals surface area (Å²) in [6.45, 7) is 1.89. The van der Waals surface area contributed by atoms with Gasteiger partial charge in [-0.25, -0.2) is 0 Å². The van der Waals surface area contributed by atoms with Gasteiger partial charge in [0.15, 0.2) is 0 Å². The summed E-state index contributed by atoms with van der Waals surface area (Å²) in [4.78, 5) is 0. The third-order valence-corrected chi connectivity index (χ3v) is 2.90. The van der Waals surface area contributed by atoms with Crippen LogP contribution >= 0.6 is 0 Å². The van der Waals surface area contributed by atoms with Crippen molar-refractivity contribution in [3.63, 3.8) is 0 Å². The molecule has 0 bridgehead atoms. The smallest absolute Gasteiger partial charge is 0.121 e. The van der Waals surface area contributed by atoms with E-state index in [4.69, 9.17) is 0 Å². The van der Waals surface area contributed by atoms with Crippen molar-refractivity contribution >= 4 is 0 Å². The van der Waals surface area contributed by atoms with E-state index in [1.807, 2.05) is 6.92 Å². The number of aromatic hydroxyl groups is 1. The highest BCUT2D eigenvalue weighted by Crippen LogP contribution is 2.43. The predicted molar refractivity (Wildman–Crippen MR) is 51.8 cm³/mol. The third kappa shape index (κ3) is 1.29. The molecule has 2 rings (SSSR count). The number of fused-ring (bicyclic) bond motifs is 1. The molecule has 1 aromatic carbocycles. The van der Waals surface area contributed by atoms with Crippen LogP contribution in [0.4, 0.5) is 0 Å². The fraction of sp³-hybridized carbons (Fsp3) is 0.455. The van der Waals surface area contributed by atoms with Gasteiger partial charge in [0, 0.05) is 5.56 Å². The van der Waals surface area contributed by atoms with Gasteiger partial charge in [-0.15, -0.1) is 0 Å². The molecule has 1 aliphatic rings. The minimum Gasteiger partial charge on any atom is -0.508 e. The van der Waals surface area contributed by atoms with Crippen molar-refractivity contribution in [2.24, 2.45) is 5.92 Å². The van der Waals surface area contributed by atoms with Gasteiger partial charge in [-0.1, -0.05) is 19.1 Å². The van der Waals surface area contributed by atoms with Crippen molar-refractivity contribution in [1.29, 1.82) is 0 Å². The largest absolute Gasteiger partial charge is 0.508 e. The molecular weight excluding hydrogens is 180 g/mol. The van der Waals surface area contributed by atoms with Gasteiger partial charge in [0.2, 0.25) is 0 Å². The van der Waals surface area contributed by atoms with E-state index < -0.39 is 12.2 Å². The summed E-state index contributed by atoms with van der Waals surface area (Å²) in [6.07, 6.45) is -0.753. The van der Waals surface area contributed by atoms with Crippen LogP contribution in [0.15, 0.2) is 18.2 Å². The molecule has 3 N–H and O–H groups in total. The van der Waals surface area contributed by atoms with E-state index in [1.54, 1.807) is 12.1 Å². The van der Waals surface area contributed by atoms with Crippen LogP contribution in [0.5, 0.6) is 5.75 Å². The van der Waals surface area contributed by atoms with E-state index in [0.29, 0.717) is 17.5 Å². The molecule has 0 aromatic heterocycles. The van der Waals surface area contributed by atoms with Gasteiger partial charge in [0.05, 0.1) is 12.2 Å². The van der Waals surface area contributed by atoms with Crippen LogP contribution in [0.25, 0.3) is 0 Å². The summed E-state index contributed by atoms with van der Waals surface area (Å²) in [5, 5.41) is 29.2. The molecule has 0 amide bonds. The maximum absolute atomic E-state index is 9.85. The fourth-order valence-corrected chi connectivity index (χ4v) is 2.10. The average Bonchev–Trinajstić information content (AvgIpc) is 2.14. The molecule has 0 spiro atoms. The first-order valence-corrected chi connectivity index (χ1v) is 4.79. The SMILES string of the molecule is C[C@H]1C[C@@H](O)c2c(O)cccc2[C@H]1O. The summed E-state index contributed by atoms with van der Waals surface area (Å²) in [5.41, 5.74) is 1.13. The molecule has 1 aromatic rings. The Labute approximate surface area is 82.6 Å². The van der Waals surface area contributed by atoms with Crippen molar-refractivity contribution in [3.8, 4) is 5.75 Å². The fourth-order valence-electron chi connectivity index (χ4n) is 2.10. The first-order valence-electron chi connectivity index (χ1n) is 4.79. The van der Waals surface area contributed by atoms with Crippen molar-refractivity contribution in [2.75, 3.05) is 0 Å². The Bertz CT molecular complexity index is 348.